The molecule has 0 saturated heterocycles. The van der Waals surface area contributed by atoms with E-state index in [2.05, 4.69) is 9.97 Å². The zero-order valence-electron chi connectivity index (χ0n) is 12.3. The van der Waals surface area contributed by atoms with Crippen molar-refractivity contribution in [1.82, 2.24) is 9.97 Å². The molecule has 4 rings (SSSR count). The van der Waals surface area contributed by atoms with Gasteiger partial charge in [0, 0.05) is 23.3 Å². The number of ether oxygens (including phenoxy) is 3. The van der Waals surface area contributed by atoms with E-state index < -0.39 is 4.92 Å². The standard InChI is InChI=1S/C15H11N3O5S/c19-18(20)11-3-9-5-21-8-23-13(9)10(4-11)6-22-14-12-1-2-24-15(12)17-7-16-14/h1-4,7H,5-6,8H2. The summed E-state index contributed by atoms with van der Waals surface area (Å²) in [6.07, 6.45) is 1.43. The third kappa shape index (κ3) is 2.63. The molecule has 0 amide bonds. The van der Waals surface area contributed by atoms with E-state index in [0.29, 0.717) is 22.8 Å². The van der Waals surface area contributed by atoms with E-state index in [1.807, 2.05) is 11.4 Å². The number of fused-ring (bicyclic) bond motifs is 2. The van der Waals surface area contributed by atoms with E-state index in [1.54, 1.807) is 0 Å². The van der Waals surface area contributed by atoms with Crippen LogP contribution in [-0.2, 0) is 18.0 Å². The van der Waals surface area contributed by atoms with Gasteiger partial charge in [-0.2, -0.15) is 0 Å². The molecule has 0 fully saturated rings. The van der Waals surface area contributed by atoms with Crippen LogP contribution in [-0.4, -0.2) is 21.7 Å². The second kappa shape index (κ2) is 6.02. The quantitative estimate of drug-likeness (QED) is 0.529. The molecular formula is C15H11N3O5S. The molecule has 2 aromatic heterocycles. The number of aromatic nitrogens is 2. The second-order valence-electron chi connectivity index (χ2n) is 5.07. The lowest BCUT2D eigenvalue weighted by molar-refractivity contribution is -0.385. The van der Waals surface area contributed by atoms with Crippen LogP contribution in [0.25, 0.3) is 10.2 Å². The van der Waals surface area contributed by atoms with Crippen molar-refractivity contribution in [3.63, 3.8) is 0 Å². The highest BCUT2D eigenvalue weighted by atomic mass is 32.1. The Morgan fingerprint density at radius 2 is 2.29 bits per heavy atom. The molecule has 0 atom stereocenters. The van der Waals surface area contributed by atoms with Crippen LogP contribution in [0, 0.1) is 10.1 Å². The fraction of sp³-hybridized carbons (Fsp3) is 0.200. The van der Waals surface area contributed by atoms with Crippen molar-refractivity contribution in [2.75, 3.05) is 6.79 Å². The first kappa shape index (κ1) is 14.8. The number of hydrogen-bond acceptors (Lipinski definition) is 8. The van der Waals surface area contributed by atoms with E-state index in [4.69, 9.17) is 14.2 Å². The van der Waals surface area contributed by atoms with Crippen molar-refractivity contribution in [2.45, 2.75) is 13.2 Å². The van der Waals surface area contributed by atoms with Gasteiger partial charge < -0.3 is 14.2 Å². The molecule has 8 nitrogen and oxygen atoms in total. The average molecular weight is 345 g/mol. The Balaban J connectivity index is 1.67. The van der Waals surface area contributed by atoms with Crippen molar-refractivity contribution in [3.05, 3.63) is 51.1 Å². The van der Waals surface area contributed by atoms with Crippen LogP contribution in [0.5, 0.6) is 11.6 Å². The number of nitro benzene ring substituents is 1. The molecule has 0 spiro atoms. The molecule has 0 aliphatic carbocycles. The molecule has 1 aromatic carbocycles. The molecule has 3 heterocycles. The smallest absolute Gasteiger partial charge is 0.270 e. The molecule has 0 unspecified atom stereocenters. The minimum absolute atomic E-state index is 0.0233. The fourth-order valence-electron chi connectivity index (χ4n) is 2.52. The number of benzene rings is 1. The molecule has 122 valence electrons. The predicted molar refractivity (Wildman–Crippen MR) is 85.1 cm³/mol. The van der Waals surface area contributed by atoms with E-state index in [-0.39, 0.29) is 25.7 Å². The average Bonchev–Trinajstić information content (AvgIpc) is 3.08. The Kier molecular flexibility index (Phi) is 3.71. The third-order valence-corrected chi connectivity index (χ3v) is 4.39. The monoisotopic (exact) mass is 345 g/mol. The van der Waals surface area contributed by atoms with Gasteiger partial charge in [-0.15, -0.1) is 11.3 Å². The number of nitrogens with zero attached hydrogens (tertiary/aromatic N) is 3. The zero-order valence-corrected chi connectivity index (χ0v) is 13.1. The summed E-state index contributed by atoms with van der Waals surface area (Å²) in [4.78, 5) is 19.8. The lowest BCUT2D eigenvalue weighted by Gasteiger charge is -2.20. The summed E-state index contributed by atoms with van der Waals surface area (Å²) in [6.45, 7) is 0.484. The minimum Gasteiger partial charge on any atom is -0.472 e. The summed E-state index contributed by atoms with van der Waals surface area (Å²) in [5.41, 5.74) is 1.20. The molecule has 1 aliphatic rings. The summed E-state index contributed by atoms with van der Waals surface area (Å²) in [6, 6.07) is 4.79. The van der Waals surface area contributed by atoms with Crippen molar-refractivity contribution < 1.29 is 19.1 Å². The van der Waals surface area contributed by atoms with Gasteiger partial charge in [0.2, 0.25) is 5.88 Å². The summed E-state index contributed by atoms with van der Waals surface area (Å²) in [5, 5.41) is 13.8. The topological polar surface area (TPSA) is 96.6 Å². The summed E-state index contributed by atoms with van der Waals surface area (Å²) < 4.78 is 16.5. The van der Waals surface area contributed by atoms with Gasteiger partial charge in [-0.1, -0.05) is 0 Å². The summed E-state index contributed by atoms with van der Waals surface area (Å²) >= 11 is 1.49. The second-order valence-corrected chi connectivity index (χ2v) is 5.96. The molecule has 1 aliphatic heterocycles. The van der Waals surface area contributed by atoms with Crippen LogP contribution in [0.4, 0.5) is 5.69 Å². The van der Waals surface area contributed by atoms with E-state index in [1.165, 1.54) is 29.8 Å². The first-order chi connectivity index (χ1) is 11.7. The van der Waals surface area contributed by atoms with Crippen LogP contribution < -0.4 is 9.47 Å². The van der Waals surface area contributed by atoms with E-state index in [9.17, 15) is 10.1 Å². The zero-order chi connectivity index (χ0) is 16.5. The number of rotatable bonds is 4. The van der Waals surface area contributed by atoms with Crippen molar-refractivity contribution in [2.24, 2.45) is 0 Å². The molecule has 24 heavy (non-hydrogen) atoms. The third-order valence-electron chi connectivity index (χ3n) is 3.57. The normalized spacial score (nSPS) is 13.3. The van der Waals surface area contributed by atoms with Crippen LogP contribution >= 0.6 is 11.3 Å². The summed E-state index contributed by atoms with van der Waals surface area (Å²) in [7, 11) is 0. The Morgan fingerprint density at radius 1 is 1.38 bits per heavy atom. The Labute approximate surface area is 139 Å². The lowest BCUT2D eigenvalue weighted by Crippen LogP contribution is -2.14. The van der Waals surface area contributed by atoms with Crippen LogP contribution in [0.3, 0.4) is 0 Å². The Morgan fingerprint density at radius 3 is 3.17 bits per heavy atom. The molecule has 0 saturated carbocycles. The van der Waals surface area contributed by atoms with Gasteiger partial charge in [0.25, 0.3) is 5.69 Å². The van der Waals surface area contributed by atoms with E-state index in [0.717, 1.165) is 10.2 Å². The van der Waals surface area contributed by atoms with Gasteiger partial charge in [-0.25, -0.2) is 9.97 Å². The minimum atomic E-state index is -0.444. The van der Waals surface area contributed by atoms with Crippen LogP contribution in [0.2, 0.25) is 0 Å². The van der Waals surface area contributed by atoms with Crippen molar-refractivity contribution in [1.29, 1.82) is 0 Å². The van der Waals surface area contributed by atoms with Gasteiger partial charge in [0.15, 0.2) is 6.79 Å². The van der Waals surface area contributed by atoms with Crippen molar-refractivity contribution in [3.8, 4) is 11.6 Å². The van der Waals surface area contributed by atoms with Crippen LogP contribution in [0.1, 0.15) is 11.1 Å². The highest BCUT2D eigenvalue weighted by Crippen LogP contribution is 2.34. The van der Waals surface area contributed by atoms with Gasteiger partial charge in [-0.3, -0.25) is 10.1 Å². The van der Waals surface area contributed by atoms with E-state index >= 15 is 0 Å². The fourth-order valence-corrected chi connectivity index (χ4v) is 3.25. The Hall–Kier alpha value is -2.78. The number of nitro groups is 1. The van der Waals surface area contributed by atoms with Gasteiger partial charge in [-0.05, 0) is 11.4 Å². The SMILES string of the molecule is O=[N+]([O-])c1cc2c(c(COc3ncnc4sccc34)c1)OCOC2. The Bertz CT molecular complexity index is 927. The maximum absolute atomic E-state index is 11.1. The molecule has 0 N–H and O–H groups in total. The maximum atomic E-state index is 11.1. The maximum Gasteiger partial charge on any atom is 0.270 e. The highest BCUT2D eigenvalue weighted by molar-refractivity contribution is 7.16. The first-order valence-corrected chi connectivity index (χ1v) is 7.92. The summed E-state index contributed by atoms with van der Waals surface area (Å²) in [5.74, 6) is 1.01. The molecule has 0 bridgehead atoms. The number of thiophene rings is 1. The number of non-ortho nitro benzene ring substituents is 1. The number of hydrogen-bond donors (Lipinski definition) is 0. The molecular weight excluding hydrogens is 334 g/mol. The molecule has 0 radical (unpaired) electrons. The van der Waals surface area contributed by atoms with Gasteiger partial charge in [0.05, 0.1) is 16.9 Å². The highest BCUT2D eigenvalue weighted by Gasteiger charge is 2.21. The first-order valence-electron chi connectivity index (χ1n) is 7.04. The van der Waals surface area contributed by atoms with Gasteiger partial charge >= 0.3 is 0 Å². The van der Waals surface area contributed by atoms with Crippen molar-refractivity contribution >= 4 is 27.2 Å². The lowest BCUT2D eigenvalue weighted by atomic mass is 10.1. The molecule has 3 aromatic rings. The largest absolute Gasteiger partial charge is 0.472 e. The predicted octanol–water partition coefficient (Wildman–Crippen LogP) is 3.05. The van der Waals surface area contributed by atoms with Gasteiger partial charge in [0.1, 0.15) is 23.5 Å². The molecule has 9 heteroatoms. The van der Waals surface area contributed by atoms with Crippen LogP contribution in [0.15, 0.2) is 29.9 Å².